The highest BCUT2D eigenvalue weighted by molar-refractivity contribution is 5.37. The number of unbranched alkanes of at least 4 members (excludes halogenated alkanes) is 1. The lowest BCUT2D eigenvalue weighted by Crippen LogP contribution is -2.13. The molecule has 2 atom stereocenters. The first kappa shape index (κ1) is 12.5. The van der Waals surface area contributed by atoms with Gasteiger partial charge in [0.1, 0.15) is 0 Å². The standard InChI is InChI=1S/C11H22O2/c1-4-6-7-11(5-2)8-10(3)13-9-12/h9-11H,4-8H2,1-3H3. The summed E-state index contributed by atoms with van der Waals surface area (Å²) in [5.74, 6) is 0.717. The molecule has 0 bridgehead atoms. The summed E-state index contributed by atoms with van der Waals surface area (Å²) in [5.41, 5.74) is 0. The fourth-order valence-corrected chi connectivity index (χ4v) is 1.60. The van der Waals surface area contributed by atoms with E-state index >= 15 is 0 Å². The minimum absolute atomic E-state index is 0.0827. The molecule has 0 aliphatic carbocycles. The molecule has 0 spiro atoms. The van der Waals surface area contributed by atoms with E-state index < -0.39 is 0 Å². The van der Waals surface area contributed by atoms with Crippen molar-refractivity contribution >= 4 is 6.47 Å². The van der Waals surface area contributed by atoms with Crippen molar-refractivity contribution < 1.29 is 9.53 Å². The van der Waals surface area contributed by atoms with Crippen molar-refractivity contribution in [2.75, 3.05) is 0 Å². The van der Waals surface area contributed by atoms with Crippen LogP contribution in [0.5, 0.6) is 0 Å². The minimum Gasteiger partial charge on any atom is -0.465 e. The van der Waals surface area contributed by atoms with Crippen LogP contribution < -0.4 is 0 Å². The Morgan fingerprint density at radius 2 is 2.08 bits per heavy atom. The first-order valence-electron chi connectivity index (χ1n) is 5.33. The maximum absolute atomic E-state index is 10.1. The normalized spacial score (nSPS) is 15.0. The Kier molecular flexibility index (Phi) is 7.76. The molecule has 0 aliphatic heterocycles. The van der Waals surface area contributed by atoms with Crippen molar-refractivity contribution in [3.05, 3.63) is 0 Å². The van der Waals surface area contributed by atoms with Crippen LogP contribution in [0.2, 0.25) is 0 Å². The van der Waals surface area contributed by atoms with E-state index in [4.69, 9.17) is 4.74 Å². The third kappa shape index (κ3) is 6.62. The van der Waals surface area contributed by atoms with Crippen LogP contribution in [0.1, 0.15) is 52.9 Å². The minimum atomic E-state index is 0.0827. The van der Waals surface area contributed by atoms with E-state index in [0.717, 1.165) is 12.3 Å². The average Bonchev–Trinajstić information content (AvgIpc) is 2.12. The molecule has 2 nitrogen and oxygen atoms in total. The Morgan fingerprint density at radius 1 is 1.38 bits per heavy atom. The fourth-order valence-electron chi connectivity index (χ4n) is 1.60. The molecule has 78 valence electrons. The van der Waals surface area contributed by atoms with E-state index in [1.165, 1.54) is 25.7 Å². The zero-order valence-electron chi connectivity index (χ0n) is 9.08. The van der Waals surface area contributed by atoms with E-state index in [-0.39, 0.29) is 6.10 Å². The number of rotatable bonds is 8. The molecule has 0 amide bonds. The molecule has 0 saturated heterocycles. The van der Waals surface area contributed by atoms with Gasteiger partial charge in [0.25, 0.3) is 6.47 Å². The largest absolute Gasteiger partial charge is 0.465 e. The smallest absolute Gasteiger partial charge is 0.293 e. The van der Waals surface area contributed by atoms with Crippen molar-refractivity contribution in [2.24, 2.45) is 5.92 Å². The van der Waals surface area contributed by atoms with Crippen LogP contribution in [0.15, 0.2) is 0 Å². The SMILES string of the molecule is CCCCC(CC)CC(C)OC=O. The quantitative estimate of drug-likeness (QED) is 0.544. The third-order valence-corrected chi connectivity index (χ3v) is 2.50. The predicted molar refractivity (Wildman–Crippen MR) is 54.5 cm³/mol. The molecule has 0 aromatic carbocycles. The molecule has 0 fully saturated rings. The molecule has 0 saturated carbocycles. The number of carbonyl (C=O) groups is 1. The highest BCUT2D eigenvalue weighted by Gasteiger charge is 2.11. The van der Waals surface area contributed by atoms with Crippen LogP contribution in [0.3, 0.4) is 0 Å². The predicted octanol–water partition coefficient (Wildman–Crippen LogP) is 3.15. The van der Waals surface area contributed by atoms with Crippen LogP contribution in [0.4, 0.5) is 0 Å². The van der Waals surface area contributed by atoms with Crippen LogP contribution >= 0.6 is 0 Å². The fraction of sp³-hybridized carbons (Fsp3) is 0.909. The van der Waals surface area contributed by atoms with Gasteiger partial charge in [0, 0.05) is 0 Å². The first-order chi connectivity index (χ1) is 6.24. The van der Waals surface area contributed by atoms with Crippen LogP contribution in [-0.2, 0) is 9.53 Å². The van der Waals surface area contributed by atoms with Gasteiger partial charge in [-0.2, -0.15) is 0 Å². The van der Waals surface area contributed by atoms with E-state index in [2.05, 4.69) is 13.8 Å². The molecule has 13 heavy (non-hydrogen) atoms. The molecule has 2 heteroatoms. The second-order valence-corrected chi connectivity index (χ2v) is 3.70. The second kappa shape index (κ2) is 8.09. The van der Waals surface area contributed by atoms with Gasteiger partial charge in [0.2, 0.25) is 0 Å². The Hall–Kier alpha value is -0.530. The van der Waals surface area contributed by atoms with Crippen molar-refractivity contribution in [3.8, 4) is 0 Å². The summed E-state index contributed by atoms with van der Waals surface area (Å²) in [5, 5.41) is 0. The van der Waals surface area contributed by atoms with Gasteiger partial charge in [0.15, 0.2) is 0 Å². The highest BCUT2D eigenvalue weighted by atomic mass is 16.5. The monoisotopic (exact) mass is 186 g/mol. The summed E-state index contributed by atoms with van der Waals surface area (Å²) in [7, 11) is 0. The molecule has 0 aromatic heterocycles. The van der Waals surface area contributed by atoms with Crippen LogP contribution in [-0.4, -0.2) is 12.6 Å². The zero-order chi connectivity index (χ0) is 10.1. The highest BCUT2D eigenvalue weighted by Crippen LogP contribution is 2.19. The number of carbonyl (C=O) groups excluding carboxylic acids is 1. The van der Waals surface area contributed by atoms with E-state index in [0.29, 0.717) is 6.47 Å². The van der Waals surface area contributed by atoms with Gasteiger partial charge < -0.3 is 4.74 Å². The third-order valence-electron chi connectivity index (χ3n) is 2.50. The Labute approximate surface area is 81.7 Å². The topological polar surface area (TPSA) is 26.3 Å². The number of ether oxygens (including phenoxy) is 1. The van der Waals surface area contributed by atoms with Crippen molar-refractivity contribution in [3.63, 3.8) is 0 Å². The van der Waals surface area contributed by atoms with Gasteiger partial charge in [-0.25, -0.2) is 0 Å². The van der Waals surface area contributed by atoms with Gasteiger partial charge in [-0.15, -0.1) is 0 Å². The van der Waals surface area contributed by atoms with E-state index in [1.54, 1.807) is 0 Å². The Bertz CT molecular complexity index is 123. The van der Waals surface area contributed by atoms with Gasteiger partial charge in [-0.1, -0.05) is 39.5 Å². The second-order valence-electron chi connectivity index (χ2n) is 3.70. The first-order valence-corrected chi connectivity index (χ1v) is 5.33. The van der Waals surface area contributed by atoms with Crippen molar-refractivity contribution in [1.82, 2.24) is 0 Å². The lowest BCUT2D eigenvalue weighted by Gasteiger charge is -2.17. The summed E-state index contributed by atoms with van der Waals surface area (Å²) < 4.78 is 4.87. The molecule has 0 aliphatic rings. The lowest BCUT2D eigenvalue weighted by atomic mass is 9.94. The summed E-state index contributed by atoms with van der Waals surface area (Å²) in [6.45, 7) is 6.92. The molecule has 0 N–H and O–H groups in total. The van der Waals surface area contributed by atoms with E-state index in [1.807, 2.05) is 6.92 Å². The Balaban J connectivity index is 3.61. The van der Waals surface area contributed by atoms with Crippen molar-refractivity contribution in [1.29, 1.82) is 0 Å². The average molecular weight is 186 g/mol. The van der Waals surface area contributed by atoms with Crippen molar-refractivity contribution in [2.45, 2.75) is 59.0 Å². The number of hydrogen-bond acceptors (Lipinski definition) is 2. The molecular formula is C11H22O2. The summed E-state index contributed by atoms with van der Waals surface area (Å²) in [6, 6.07) is 0. The lowest BCUT2D eigenvalue weighted by molar-refractivity contribution is -0.133. The maximum Gasteiger partial charge on any atom is 0.293 e. The van der Waals surface area contributed by atoms with Gasteiger partial charge in [-0.3, -0.25) is 4.79 Å². The summed E-state index contributed by atoms with van der Waals surface area (Å²) in [6.07, 6.45) is 6.08. The Morgan fingerprint density at radius 3 is 2.54 bits per heavy atom. The molecular weight excluding hydrogens is 164 g/mol. The molecule has 0 radical (unpaired) electrons. The van der Waals surface area contributed by atoms with Gasteiger partial charge >= 0.3 is 0 Å². The maximum atomic E-state index is 10.1. The molecule has 2 unspecified atom stereocenters. The molecule has 0 heterocycles. The number of hydrogen-bond donors (Lipinski definition) is 0. The summed E-state index contributed by atoms with van der Waals surface area (Å²) >= 11 is 0. The van der Waals surface area contributed by atoms with Crippen LogP contribution in [0, 0.1) is 5.92 Å². The van der Waals surface area contributed by atoms with E-state index in [9.17, 15) is 4.79 Å². The van der Waals surface area contributed by atoms with Gasteiger partial charge in [0.05, 0.1) is 6.10 Å². The van der Waals surface area contributed by atoms with Gasteiger partial charge in [-0.05, 0) is 19.3 Å². The molecule has 0 rings (SSSR count). The summed E-state index contributed by atoms with van der Waals surface area (Å²) in [4.78, 5) is 10.1. The molecule has 0 aromatic rings. The zero-order valence-corrected chi connectivity index (χ0v) is 9.08. The van der Waals surface area contributed by atoms with Crippen LogP contribution in [0.25, 0.3) is 0 Å².